The van der Waals surface area contributed by atoms with Crippen molar-refractivity contribution < 1.29 is 4.43 Å². The summed E-state index contributed by atoms with van der Waals surface area (Å²) in [5, 5.41) is 0. The molecule has 2 heteroatoms. The van der Waals surface area contributed by atoms with Crippen LogP contribution in [-0.2, 0) is 4.43 Å². The van der Waals surface area contributed by atoms with E-state index in [1.807, 2.05) is 20.8 Å². The Morgan fingerprint density at radius 1 is 1.62 bits per heavy atom. The molecule has 0 unspecified atom stereocenters. The van der Waals surface area contributed by atoms with Crippen molar-refractivity contribution in [1.82, 2.24) is 0 Å². The summed E-state index contributed by atoms with van der Waals surface area (Å²) in [5.41, 5.74) is 0.999. The first-order valence-electron chi connectivity index (χ1n) is 2.72. The van der Waals surface area contributed by atoms with Crippen LogP contribution in [0.15, 0.2) is 12.2 Å². The first-order chi connectivity index (χ1) is 3.50. The SMILES string of the molecule is C=C(C)C(C)(C)O[SiH3]. The zero-order valence-corrected chi connectivity index (χ0v) is 8.12. The molecule has 48 valence electrons. The van der Waals surface area contributed by atoms with E-state index < -0.39 is 0 Å². The van der Waals surface area contributed by atoms with Crippen LogP contribution in [0.3, 0.4) is 0 Å². The summed E-state index contributed by atoms with van der Waals surface area (Å²) >= 11 is 0. The first kappa shape index (κ1) is 7.92. The quantitative estimate of drug-likeness (QED) is 0.394. The van der Waals surface area contributed by atoms with Gasteiger partial charge in [-0.3, -0.25) is 0 Å². The first-order valence-corrected chi connectivity index (χ1v) is 3.53. The van der Waals surface area contributed by atoms with E-state index in [9.17, 15) is 0 Å². The third-order valence-electron chi connectivity index (χ3n) is 1.54. The van der Waals surface area contributed by atoms with Crippen LogP contribution >= 0.6 is 0 Å². The molecule has 0 aromatic heterocycles. The van der Waals surface area contributed by atoms with Crippen LogP contribution in [-0.4, -0.2) is 16.1 Å². The van der Waals surface area contributed by atoms with Crippen molar-refractivity contribution in [1.29, 1.82) is 0 Å². The van der Waals surface area contributed by atoms with Gasteiger partial charge in [-0.2, -0.15) is 0 Å². The zero-order chi connectivity index (χ0) is 6.78. The summed E-state index contributed by atoms with van der Waals surface area (Å²) < 4.78 is 5.24. The van der Waals surface area contributed by atoms with Gasteiger partial charge in [0.05, 0.1) is 5.60 Å². The second-order valence-corrected chi connectivity index (χ2v) is 2.90. The Morgan fingerprint density at radius 2 is 2.00 bits per heavy atom. The minimum Gasteiger partial charge on any atom is -0.419 e. The molecule has 0 aliphatic heterocycles. The molecule has 0 radical (unpaired) electrons. The summed E-state index contributed by atoms with van der Waals surface area (Å²) in [6.45, 7) is 9.84. The lowest BCUT2D eigenvalue weighted by molar-refractivity contribution is 0.166. The Bertz CT molecular complexity index is 96.7. The average Bonchev–Trinajstić information content (AvgIpc) is 1.67. The normalized spacial score (nSPS) is 11.9. The lowest BCUT2D eigenvalue weighted by Crippen LogP contribution is -2.23. The molecule has 0 N–H and O–H groups in total. The van der Waals surface area contributed by atoms with Gasteiger partial charge in [0.2, 0.25) is 0 Å². The minimum absolute atomic E-state index is 0.0910. The molecular weight excluding hydrogens is 116 g/mol. The van der Waals surface area contributed by atoms with E-state index in [0.29, 0.717) is 0 Å². The predicted molar refractivity (Wildman–Crippen MR) is 39.9 cm³/mol. The molecule has 0 aliphatic rings. The van der Waals surface area contributed by atoms with Crippen molar-refractivity contribution in [3.63, 3.8) is 0 Å². The lowest BCUT2D eigenvalue weighted by atomic mass is 10.0. The molecule has 0 aliphatic carbocycles. The van der Waals surface area contributed by atoms with E-state index in [2.05, 4.69) is 6.58 Å². The topological polar surface area (TPSA) is 9.23 Å². The van der Waals surface area contributed by atoms with E-state index >= 15 is 0 Å². The third-order valence-corrected chi connectivity index (χ3v) is 2.56. The highest BCUT2D eigenvalue weighted by molar-refractivity contribution is 5.98. The van der Waals surface area contributed by atoms with Gasteiger partial charge in [0, 0.05) is 0 Å². The van der Waals surface area contributed by atoms with Gasteiger partial charge in [0.1, 0.15) is 10.5 Å². The highest BCUT2D eigenvalue weighted by atomic mass is 28.2. The highest BCUT2D eigenvalue weighted by Crippen LogP contribution is 2.15. The fraction of sp³-hybridized carbons (Fsp3) is 0.667. The molecule has 8 heavy (non-hydrogen) atoms. The monoisotopic (exact) mass is 130 g/mol. The van der Waals surface area contributed by atoms with Crippen LogP contribution in [0.1, 0.15) is 20.8 Å². The Morgan fingerprint density at radius 3 is 2.00 bits per heavy atom. The standard InChI is InChI=1S/C6H14OSi/c1-5(2)6(3,4)7-8/h1H2,2-4,8H3. The second kappa shape index (κ2) is 2.46. The number of rotatable bonds is 2. The van der Waals surface area contributed by atoms with Crippen molar-refractivity contribution in [2.24, 2.45) is 0 Å². The van der Waals surface area contributed by atoms with E-state index in [4.69, 9.17) is 4.43 Å². The molecule has 0 saturated carbocycles. The molecule has 0 aromatic carbocycles. The number of hydrogen-bond donors (Lipinski definition) is 0. The van der Waals surface area contributed by atoms with Gasteiger partial charge in [-0.1, -0.05) is 12.2 Å². The average molecular weight is 130 g/mol. The van der Waals surface area contributed by atoms with Gasteiger partial charge in [0.25, 0.3) is 0 Å². The minimum atomic E-state index is -0.0910. The van der Waals surface area contributed by atoms with Crippen LogP contribution < -0.4 is 0 Å². The molecule has 0 heterocycles. The van der Waals surface area contributed by atoms with Crippen molar-refractivity contribution in [2.75, 3.05) is 0 Å². The fourth-order valence-corrected chi connectivity index (χ4v) is 0.523. The van der Waals surface area contributed by atoms with Crippen molar-refractivity contribution in [2.45, 2.75) is 26.4 Å². The van der Waals surface area contributed by atoms with Gasteiger partial charge in [-0.05, 0) is 20.8 Å². The lowest BCUT2D eigenvalue weighted by Gasteiger charge is -2.23. The highest BCUT2D eigenvalue weighted by Gasteiger charge is 2.14. The molecule has 0 atom stereocenters. The van der Waals surface area contributed by atoms with Gasteiger partial charge in [0.15, 0.2) is 0 Å². The molecule has 0 rings (SSSR count). The van der Waals surface area contributed by atoms with Gasteiger partial charge in [-0.25, -0.2) is 0 Å². The van der Waals surface area contributed by atoms with Crippen LogP contribution in [0.5, 0.6) is 0 Å². The predicted octanol–water partition coefficient (Wildman–Crippen LogP) is 0.638. The number of hydrogen-bond acceptors (Lipinski definition) is 1. The molecule has 0 amide bonds. The fourth-order valence-electron chi connectivity index (χ4n) is 0.174. The summed E-state index contributed by atoms with van der Waals surface area (Å²) in [5.74, 6) is 0. The summed E-state index contributed by atoms with van der Waals surface area (Å²) in [4.78, 5) is 0. The molecule has 0 saturated heterocycles. The molecule has 0 bridgehead atoms. The van der Waals surface area contributed by atoms with E-state index in [1.165, 1.54) is 0 Å². The van der Waals surface area contributed by atoms with E-state index in [-0.39, 0.29) is 5.60 Å². The summed E-state index contributed by atoms with van der Waals surface area (Å²) in [6.07, 6.45) is 0. The smallest absolute Gasteiger partial charge is 0.147 e. The maximum absolute atomic E-state index is 5.24. The van der Waals surface area contributed by atoms with E-state index in [1.54, 1.807) is 0 Å². The maximum atomic E-state index is 5.24. The van der Waals surface area contributed by atoms with Gasteiger partial charge in [-0.15, -0.1) is 0 Å². The molecule has 1 nitrogen and oxygen atoms in total. The molecule has 0 aromatic rings. The second-order valence-electron chi connectivity index (χ2n) is 2.49. The Labute approximate surface area is 54.3 Å². The van der Waals surface area contributed by atoms with Gasteiger partial charge >= 0.3 is 0 Å². The van der Waals surface area contributed by atoms with E-state index in [0.717, 1.165) is 16.1 Å². The summed E-state index contributed by atoms with van der Waals surface area (Å²) in [7, 11) is 0.784. The largest absolute Gasteiger partial charge is 0.419 e. The van der Waals surface area contributed by atoms with Crippen LogP contribution in [0.25, 0.3) is 0 Å². The van der Waals surface area contributed by atoms with Crippen LogP contribution in [0.2, 0.25) is 0 Å². The molecule has 0 fully saturated rings. The molecule has 0 spiro atoms. The van der Waals surface area contributed by atoms with Gasteiger partial charge < -0.3 is 4.43 Å². The van der Waals surface area contributed by atoms with Crippen molar-refractivity contribution >= 4 is 10.5 Å². The Hall–Kier alpha value is -0.0831. The third kappa shape index (κ3) is 1.80. The van der Waals surface area contributed by atoms with Crippen molar-refractivity contribution in [3.8, 4) is 0 Å². The van der Waals surface area contributed by atoms with Crippen LogP contribution in [0.4, 0.5) is 0 Å². The Kier molecular flexibility index (Phi) is 2.44. The maximum Gasteiger partial charge on any atom is 0.147 e. The molecular formula is C6H14OSi. The van der Waals surface area contributed by atoms with Crippen LogP contribution in [0, 0.1) is 0 Å². The zero-order valence-electron chi connectivity index (χ0n) is 6.12. The summed E-state index contributed by atoms with van der Waals surface area (Å²) in [6, 6.07) is 0. The van der Waals surface area contributed by atoms with Crippen molar-refractivity contribution in [3.05, 3.63) is 12.2 Å². The Balaban J connectivity index is 3.91.